The molecule has 0 N–H and O–H groups in total. The maximum Gasteiger partial charge on any atom is 0.210 e. The van der Waals surface area contributed by atoms with Crippen molar-refractivity contribution in [2.45, 2.75) is 44.7 Å². The Morgan fingerprint density at radius 2 is 2.29 bits per heavy atom. The fourth-order valence-corrected chi connectivity index (χ4v) is 4.24. The zero-order valence-corrected chi connectivity index (χ0v) is 12.6. The van der Waals surface area contributed by atoms with E-state index in [1.807, 2.05) is 23.4 Å². The zero-order chi connectivity index (χ0) is 14.4. The molecule has 2 aromatic heterocycles. The third-order valence-electron chi connectivity index (χ3n) is 4.46. The van der Waals surface area contributed by atoms with Crippen LogP contribution in [0.5, 0.6) is 0 Å². The molecule has 4 rings (SSSR count). The predicted octanol–water partition coefficient (Wildman–Crippen LogP) is 2.52. The number of aryl methyl sites for hydroxylation is 1. The molecule has 2 aliphatic heterocycles. The molecule has 0 spiro atoms. The van der Waals surface area contributed by atoms with Crippen molar-refractivity contribution in [3.63, 3.8) is 0 Å². The van der Waals surface area contributed by atoms with E-state index in [1.54, 1.807) is 11.3 Å². The second-order valence-electron chi connectivity index (χ2n) is 5.68. The molecule has 2 atom stereocenters. The smallest absolute Gasteiger partial charge is 0.210 e. The van der Waals surface area contributed by atoms with Gasteiger partial charge in [-0.15, -0.1) is 11.3 Å². The van der Waals surface area contributed by atoms with E-state index < -0.39 is 0 Å². The number of hydrogen-bond acceptors (Lipinski definition) is 5. The molecule has 21 heavy (non-hydrogen) atoms. The number of carbonyl (C=O) groups excluding carboxylic acids is 1. The fourth-order valence-electron chi connectivity index (χ4n) is 3.59. The third kappa shape index (κ3) is 1.97. The standard InChI is InChI=1S/C15H16N4OS/c1-9-17-13-11(14(18-9)15-16-5-6-21-15)7-10-3-2-4-12(13)19(10)8-20/h5-6,8,10,12H,2-4,7H2,1H3. The van der Waals surface area contributed by atoms with Crippen LogP contribution < -0.4 is 0 Å². The largest absolute Gasteiger partial charge is 0.333 e. The summed E-state index contributed by atoms with van der Waals surface area (Å²) in [5, 5.41) is 2.93. The van der Waals surface area contributed by atoms with E-state index in [0.717, 1.165) is 54.3 Å². The van der Waals surface area contributed by atoms with Crippen LogP contribution in [0.2, 0.25) is 0 Å². The van der Waals surface area contributed by atoms with Gasteiger partial charge in [-0.25, -0.2) is 15.0 Å². The molecule has 1 amide bonds. The lowest BCUT2D eigenvalue weighted by molar-refractivity contribution is -0.125. The summed E-state index contributed by atoms with van der Waals surface area (Å²) in [6.07, 6.45) is 6.88. The Kier molecular flexibility index (Phi) is 2.99. The van der Waals surface area contributed by atoms with Crippen molar-refractivity contribution >= 4 is 17.7 Å². The highest BCUT2D eigenvalue weighted by atomic mass is 32.1. The summed E-state index contributed by atoms with van der Waals surface area (Å²) in [5.74, 6) is 0.758. The third-order valence-corrected chi connectivity index (χ3v) is 5.24. The number of aromatic nitrogens is 3. The summed E-state index contributed by atoms with van der Waals surface area (Å²) < 4.78 is 0. The van der Waals surface area contributed by atoms with Crippen LogP contribution in [0.1, 0.15) is 42.4 Å². The van der Waals surface area contributed by atoms with Crippen LogP contribution in [0.25, 0.3) is 10.7 Å². The first kappa shape index (κ1) is 12.9. The molecular formula is C15H16N4OS. The van der Waals surface area contributed by atoms with Gasteiger partial charge in [0.1, 0.15) is 16.5 Å². The fraction of sp³-hybridized carbons (Fsp3) is 0.467. The summed E-state index contributed by atoms with van der Waals surface area (Å²) in [5.41, 5.74) is 3.20. The van der Waals surface area contributed by atoms with Gasteiger partial charge in [0.15, 0.2) is 0 Å². The van der Waals surface area contributed by atoms with E-state index in [-0.39, 0.29) is 6.04 Å². The van der Waals surface area contributed by atoms with Gasteiger partial charge in [-0.3, -0.25) is 4.79 Å². The van der Waals surface area contributed by atoms with Crippen LogP contribution in [0.3, 0.4) is 0 Å². The number of amides is 1. The minimum atomic E-state index is 0.116. The molecule has 2 unspecified atom stereocenters. The first-order valence-corrected chi connectivity index (χ1v) is 8.16. The lowest BCUT2D eigenvalue weighted by atomic mass is 9.82. The van der Waals surface area contributed by atoms with E-state index in [2.05, 4.69) is 15.0 Å². The van der Waals surface area contributed by atoms with Gasteiger partial charge in [0.2, 0.25) is 6.41 Å². The minimum absolute atomic E-state index is 0.116. The van der Waals surface area contributed by atoms with Gasteiger partial charge < -0.3 is 4.90 Å². The quantitative estimate of drug-likeness (QED) is 0.800. The van der Waals surface area contributed by atoms with E-state index in [0.29, 0.717) is 6.04 Å². The van der Waals surface area contributed by atoms with Crippen LogP contribution >= 0.6 is 11.3 Å². The molecule has 5 nitrogen and oxygen atoms in total. The molecule has 0 saturated carbocycles. The van der Waals surface area contributed by atoms with Gasteiger partial charge in [-0.2, -0.15) is 0 Å². The molecule has 4 heterocycles. The number of rotatable bonds is 2. The van der Waals surface area contributed by atoms with Crippen molar-refractivity contribution in [3.05, 3.63) is 28.7 Å². The number of hydrogen-bond donors (Lipinski definition) is 0. The highest BCUT2D eigenvalue weighted by Gasteiger charge is 2.39. The maximum absolute atomic E-state index is 11.5. The van der Waals surface area contributed by atoms with Crippen molar-refractivity contribution in [2.24, 2.45) is 0 Å². The molecular weight excluding hydrogens is 284 g/mol. The van der Waals surface area contributed by atoms with Gasteiger partial charge in [-0.05, 0) is 32.6 Å². The predicted molar refractivity (Wildman–Crippen MR) is 79.9 cm³/mol. The van der Waals surface area contributed by atoms with Gasteiger partial charge in [0.05, 0.1) is 11.7 Å². The topological polar surface area (TPSA) is 59.0 Å². The molecule has 1 fully saturated rings. The number of carbonyl (C=O) groups is 1. The summed E-state index contributed by atoms with van der Waals surface area (Å²) in [6, 6.07) is 0.407. The summed E-state index contributed by atoms with van der Waals surface area (Å²) in [7, 11) is 0. The van der Waals surface area contributed by atoms with Gasteiger partial charge in [0, 0.05) is 23.2 Å². The van der Waals surface area contributed by atoms with Crippen LogP contribution in [0, 0.1) is 6.92 Å². The zero-order valence-electron chi connectivity index (χ0n) is 11.8. The Morgan fingerprint density at radius 1 is 1.38 bits per heavy atom. The molecule has 2 aliphatic rings. The van der Waals surface area contributed by atoms with Crippen molar-refractivity contribution in [1.29, 1.82) is 0 Å². The van der Waals surface area contributed by atoms with Gasteiger partial charge >= 0.3 is 0 Å². The summed E-state index contributed by atoms with van der Waals surface area (Å²) in [6.45, 7) is 1.91. The van der Waals surface area contributed by atoms with Crippen LogP contribution in [-0.2, 0) is 11.2 Å². The van der Waals surface area contributed by atoms with Crippen LogP contribution in [0.4, 0.5) is 0 Å². The van der Waals surface area contributed by atoms with E-state index in [4.69, 9.17) is 0 Å². The number of nitrogens with zero attached hydrogens (tertiary/aromatic N) is 4. The second-order valence-corrected chi connectivity index (χ2v) is 6.57. The summed E-state index contributed by atoms with van der Waals surface area (Å²) in [4.78, 5) is 27.1. The molecule has 2 bridgehead atoms. The van der Waals surface area contributed by atoms with Crippen LogP contribution in [-0.4, -0.2) is 32.3 Å². The Balaban J connectivity index is 1.91. The molecule has 108 valence electrons. The average Bonchev–Trinajstić information content (AvgIpc) is 3.01. The van der Waals surface area contributed by atoms with Crippen molar-refractivity contribution < 1.29 is 4.79 Å². The molecule has 0 aromatic carbocycles. The maximum atomic E-state index is 11.5. The van der Waals surface area contributed by atoms with Gasteiger partial charge in [0.25, 0.3) is 0 Å². The monoisotopic (exact) mass is 300 g/mol. The van der Waals surface area contributed by atoms with Crippen LogP contribution in [0.15, 0.2) is 11.6 Å². The second kappa shape index (κ2) is 4.87. The average molecular weight is 300 g/mol. The molecule has 0 radical (unpaired) electrons. The normalized spacial score (nSPS) is 23.8. The number of thiazole rings is 1. The van der Waals surface area contributed by atoms with E-state index in [9.17, 15) is 4.79 Å². The first-order chi connectivity index (χ1) is 10.3. The Bertz CT molecular complexity index is 685. The van der Waals surface area contributed by atoms with Crippen molar-refractivity contribution in [1.82, 2.24) is 19.9 Å². The van der Waals surface area contributed by atoms with E-state index in [1.165, 1.54) is 5.56 Å². The van der Waals surface area contributed by atoms with Gasteiger partial charge in [-0.1, -0.05) is 0 Å². The SMILES string of the molecule is Cc1nc(-c2nccs2)c2c(n1)C1CCCC(C2)N1C=O. The summed E-state index contributed by atoms with van der Waals surface area (Å²) >= 11 is 1.61. The van der Waals surface area contributed by atoms with Crippen molar-refractivity contribution in [2.75, 3.05) is 0 Å². The Labute approximate surface area is 127 Å². The molecule has 0 aliphatic carbocycles. The highest BCUT2D eigenvalue weighted by Crippen LogP contribution is 2.42. The Hall–Kier alpha value is -1.82. The number of piperidine rings is 1. The lowest BCUT2D eigenvalue weighted by Gasteiger charge is -2.44. The molecule has 2 aromatic rings. The first-order valence-electron chi connectivity index (χ1n) is 7.28. The number of fused-ring (bicyclic) bond motifs is 4. The lowest BCUT2D eigenvalue weighted by Crippen LogP contribution is -2.46. The molecule has 6 heteroatoms. The highest BCUT2D eigenvalue weighted by molar-refractivity contribution is 7.13. The minimum Gasteiger partial charge on any atom is -0.333 e. The molecule has 1 saturated heterocycles. The van der Waals surface area contributed by atoms with E-state index >= 15 is 0 Å². The van der Waals surface area contributed by atoms with Crippen molar-refractivity contribution in [3.8, 4) is 10.7 Å². The Morgan fingerprint density at radius 3 is 3.05 bits per heavy atom.